The summed E-state index contributed by atoms with van der Waals surface area (Å²) in [6.07, 6.45) is 4.32. The zero-order valence-electron chi connectivity index (χ0n) is 30.6. The standard InChI is InChI=1S/C54H36FN/c55-43-29-33-46(34-30-43)56(44-13-2-1-3-14-44)45-31-24-37(25-32-45)21-22-38-23-26-41-36-42(28-27-40(41)35-38)53-49-16-6-8-18-51(49)54(52-19-9-7-17-50(52)53)48-20-10-12-39-11-4-5-15-47(39)48/h1-36H. The number of anilines is 3. The SMILES string of the molecule is Fc1ccc(N(c2ccccc2)c2ccc(C=Cc3ccc4cc(-c5c6ccccc6c(-c6cccc7ccccc67)c6ccccc56)ccc4c3)cc2)cc1. The highest BCUT2D eigenvalue weighted by Gasteiger charge is 2.18. The largest absolute Gasteiger partial charge is 0.311 e. The van der Waals surface area contributed by atoms with E-state index in [1.54, 1.807) is 0 Å². The fourth-order valence-corrected chi connectivity index (χ4v) is 8.24. The summed E-state index contributed by atoms with van der Waals surface area (Å²) in [6.45, 7) is 0. The van der Waals surface area contributed by atoms with Gasteiger partial charge in [0.05, 0.1) is 0 Å². The Labute approximate surface area is 325 Å². The molecule has 0 aliphatic heterocycles. The van der Waals surface area contributed by atoms with Gasteiger partial charge in [0.25, 0.3) is 0 Å². The molecule has 264 valence electrons. The lowest BCUT2D eigenvalue weighted by atomic mass is 9.84. The Morgan fingerprint density at radius 1 is 0.339 bits per heavy atom. The molecule has 0 heterocycles. The quantitative estimate of drug-likeness (QED) is 0.117. The number of hydrogen-bond donors (Lipinski definition) is 0. The summed E-state index contributed by atoms with van der Waals surface area (Å²) < 4.78 is 13.8. The van der Waals surface area contributed by atoms with Crippen LogP contribution in [0.2, 0.25) is 0 Å². The second-order valence-corrected chi connectivity index (χ2v) is 14.3. The minimum absolute atomic E-state index is 0.249. The highest BCUT2D eigenvalue weighted by Crippen LogP contribution is 2.45. The van der Waals surface area contributed by atoms with Crippen molar-refractivity contribution in [1.82, 2.24) is 0 Å². The normalized spacial score (nSPS) is 11.6. The number of halogens is 1. The first kappa shape index (κ1) is 33.3. The van der Waals surface area contributed by atoms with E-state index in [2.05, 4.69) is 181 Å². The minimum atomic E-state index is -0.249. The highest BCUT2D eigenvalue weighted by molar-refractivity contribution is 6.23. The van der Waals surface area contributed by atoms with Gasteiger partial charge in [-0.15, -0.1) is 0 Å². The van der Waals surface area contributed by atoms with Crippen molar-refractivity contribution in [2.24, 2.45) is 0 Å². The molecule has 0 bridgehead atoms. The van der Waals surface area contributed by atoms with Crippen molar-refractivity contribution in [3.05, 3.63) is 223 Å². The molecule has 10 rings (SSSR count). The van der Waals surface area contributed by atoms with Crippen LogP contribution in [0.15, 0.2) is 206 Å². The number of hydrogen-bond acceptors (Lipinski definition) is 1. The van der Waals surface area contributed by atoms with E-state index < -0.39 is 0 Å². The van der Waals surface area contributed by atoms with Crippen LogP contribution in [0.3, 0.4) is 0 Å². The molecule has 0 amide bonds. The lowest BCUT2D eigenvalue weighted by Crippen LogP contribution is -2.09. The van der Waals surface area contributed by atoms with Crippen molar-refractivity contribution in [2.75, 3.05) is 4.90 Å². The Hall–Kier alpha value is -7.29. The highest BCUT2D eigenvalue weighted by atomic mass is 19.1. The van der Waals surface area contributed by atoms with E-state index in [4.69, 9.17) is 0 Å². The van der Waals surface area contributed by atoms with E-state index in [1.807, 2.05) is 30.3 Å². The molecular formula is C54H36FN. The van der Waals surface area contributed by atoms with E-state index in [0.717, 1.165) is 28.2 Å². The third-order valence-electron chi connectivity index (χ3n) is 10.9. The first-order valence-electron chi connectivity index (χ1n) is 19.0. The van der Waals surface area contributed by atoms with Gasteiger partial charge in [0.1, 0.15) is 5.82 Å². The van der Waals surface area contributed by atoms with Crippen molar-refractivity contribution < 1.29 is 4.39 Å². The van der Waals surface area contributed by atoms with Crippen LogP contribution in [0.1, 0.15) is 11.1 Å². The van der Waals surface area contributed by atoms with Crippen LogP contribution in [-0.2, 0) is 0 Å². The maximum atomic E-state index is 13.8. The van der Waals surface area contributed by atoms with Gasteiger partial charge in [-0.2, -0.15) is 0 Å². The molecule has 0 radical (unpaired) electrons. The van der Waals surface area contributed by atoms with Crippen molar-refractivity contribution in [3.63, 3.8) is 0 Å². The zero-order valence-corrected chi connectivity index (χ0v) is 30.6. The molecule has 0 aromatic heterocycles. The lowest BCUT2D eigenvalue weighted by Gasteiger charge is -2.25. The van der Waals surface area contributed by atoms with Gasteiger partial charge < -0.3 is 4.90 Å². The second kappa shape index (κ2) is 14.2. The maximum absolute atomic E-state index is 13.8. The Morgan fingerprint density at radius 3 is 1.54 bits per heavy atom. The third kappa shape index (κ3) is 6.08. The molecule has 1 nitrogen and oxygen atoms in total. The first-order valence-corrected chi connectivity index (χ1v) is 19.0. The van der Waals surface area contributed by atoms with Gasteiger partial charge >= 0.3 is 0 Å². The smallest absolute Gasteiger partial charge is 0.123 e. The van der Waals surface area contributed by atoms with E-state index in [1.165, 1.54) is 77.5 Å². The summed E-state index contributed by atoms with van der Waals surface area (Å²) in [7, 11) is 0. The Kier molecular flexibility index (Phi) is 8.42. The fourth-order valence-electron chi connectivity index (χ4n) is 8.24. The summed E-state index contributed by atoms with van der Waals surface area (Å²) in [5.74, 6) is -0.249. The van der Waals surface area contributed by atoms with E-state index >= 15 is 0 Å². The Balaban J connectivity index is 0.987. The molecule has 0 atom stereocenters. The molecule has 0 aliphatic rings. The predicted octanol–water partition coefficient (Wildman–Crippen LogP) is 15.4. The number of rotatable bonds is 7. The molecule has 0 fully saturated rings. The molecule has 0 saturated carbocycles. The van der Waals surface area contributed by atoms with Gasteiger partial charge in [-0.05, 0) is 137 Å². The van der Waals surface area contributed by atoms with Crippen molar-refractivity contribution in [3.8, 4) is 22.3 Å². The van der Waals surface area contributed by atoms with E-state index in [0.29, 0.717) is 0 Å². The second-order valence-electron chi connectivity index (χ2n) is 14.3. The van der Waals surface area contributed by atoms with Gasteiger partial charge in [-0.3, -0.25) is 0 Å². The number of nitrogens with zero attached hydrogens (tertiary/aromatic N) is 1. The first-order chi connectivity index (χ1) is 27.7. The molecule has 10 aromatic rings. The number of fused-ring (bicyclic) bond motifs is 4. The third-order valence-corrected chi connectivity index (χ3v) is 10.9. The topological polar surface area (TPSA) is 3.24 Å². The lowest BCUT2D eigenvalue weighted by molar-refractivity contribution is 0.628. The van der Waals surface area contributed by atoms with Gasteiger partial charge in [-0.25, -0.2) is 4.39 Å². The average molecular weight is 718 g/mol. The van der Waals surface area contributed by atoms with E-state index in [9.17, 15) is 4.39 Å². The van der Waals surface area contributed by atoms with Crippen LogP contribution in [0, 0.1) is 5.82 Å². The summed E-state index contributed by atoms with van der Waals surface area (Å²) in [6, 6.07) is 71.9. The Bertz CT molecular complexity index is 3010. The van der Waals surface area contributed by atoms with Crippen LogP contribution >= 0.6 is 0 Å². The van der Waals surface area contributed by atoms with Crippen LogP contribution < -0.4 is 4.90 Å². The molecule has 2 heteroatoms. The summed E-state index contributed by atoms with van der Waals surface area (Å²) in [4.78, 5) is 2.13. The molecule has 0 spiro atoms. The molecule has 0 aliphatic carbocycles. The van der Waals surface area contributed by atoms with Crippen molar-refractivity contribution in [2.45, 2.75) is 0 Å². The number of benzene rings is 10. The Morgan fingerprint density at radius 2 is 0.839 bits per heavy atom. The monoisotopic (exact) mass is 717 g/mol. The number of para-hydroxylation sites is 1. The molecule has 0 saturated heterocycles. The fraction of sp³-hybridized carbons (Fsp3) is 0. The van der Waals surface area contributed by atoms with Gasteiger partial charge in [-0.1, -0.05) is 158 Å². The van der Waals surface area contributed by atoms with Crippen LogP contribution in [-0.4, -0.2) is 0 Å². The minimum Gasteiger partial charge on any atom is -0.311 e. The van der Waals surface area contributed by atoms with Crippen molar-refractivity contribution >= 4 is 72.3 Å². The van der Waals surface area contributed by atoms with Gasteiger partial charge in [0.15, 0.2) is 0 Å². The van der Waals surface area contributed by atoms with E-state index in [-0.39, 0.29) is 5.82 Å². The predicted molar refractivity (Wildman–Crippen MR) is 237 cm³/mol. The maximum Gasteiger partial charge on any atom is 0.123 e. The van der Waals surface area contributed by atoms with Crippen LogP contribution in [0.4, 0.5) is 21.5 Å². The zero-order chi connectivity index (χ0) is 37.4. The summed E-state index contributed by atoms with van der Waals surface area (Å²) >= 11 is 0. The molecular weight excluding hydrogens is 682 g/mol. The summed E-state index contributed by atoms with van der Waals surface area (Å²) in [5, 5.41) is 9.94. The molecule has 56 heavy (non-hydrogen) atoms. The van der Waals surface area contributed by atoms with Crippen LogP contribution in [0.5, 0.6) is 0 Å². The molecule has 0 unspecified atom stereocenters. The van der Waals surface area contributed by atoms with Crippen LogP contribution in [0.25, 0.3) is 77.5 Å². The molecule has 10 aromatic carbocycles. The summed E-state index contributed by atoms with van der Waals surface area (Å²) in [5.41, 5.74) is 10.2. The van der Waals surface area contributed by atoms with Crippen molar-refractivity contribution in [1.29, 1.82) is 0 Å². The average Bonchev–Trinajstić information content (AvgIpc) is 3.26. The van der Waals surface area contributed by atoms with Gasteiger partial charge in [0.2, 0.25) is 0 Å². The molecule has 0 N–H and O–H groups in total. The van der Waals surface area contributed by atoms with Gasteiger partial charge in [0, 0.05) is 17.1 Å².